The van der Waals surface area contributed by atoms with Crippen LogP contribution in [0.3, 0.4) is 0 Å². The summed E-state index contributed by atoms with van der Waals surface area (Å²) in [6, 6.07) is 8.75. The molecule has 1 N–H and O–H groups in total. The van der Waals surface area contributed by atoms with Gasteiger partial charge in [-0.05, 0) is 31.2 Å². The molecule has 3 aromatic heterocycles. The van der Waals surface area contributed by atoms with Crippen molar-refractivity contribution in [3.63, 3.8) is 0 Å². The highest BCUT2D eigenvalue weighted by atomic mass is 19.1. The molecular weight excluding hydrogens is 351 g/mol. The third kappa shape index (κ3) is 3.58. The standard InChI is InChI=1S/C19H21FN4O3/c1-13-5-6-15(27-13)14(23-8-10-26-11-9-23)12-21-19(25)17-18(20)24-7-3-2-4-16(24)22-17/h2-7,14H,8-12H2,1H3,(H,21,25). The number of nitrogens with zero attached hydrogens (tertiary/aromatic N) is 3. The smallest absolute Gasteiger partial charge is 0.274 e. The van der Waals surface area contributed by atoms with Crippen molar-refractivity contribution in [2.45, 2.75) is 13.0 Å². The van der Waals surface area contributed by atoms with Gasteiger partial charge in [-0.25, -0.2) is 4.98 Å². The van der Waals surface area contributed by atoms with Gasteiger partial charge in [0.05, 0.1) is 19.3 Å². The van der Waals surface area contributed by atoms with Crippen LogP contribution in [0.4, 0.5) is 4.39 Å². The van der Waals surface area contributed by atoms with Crippen LogP contribution in [-0.2, 0) is 4.74 Å². The van der Waals surface area contributed by atoms with E-state index in [1.807, 2.05) is 19.1 Å². The third-order valence-corrected chi connectivity index (χ3v) is 4.72. The lowest BCUT2D eigenvalue weighted by atomic mass is 10.1. The molecule has 0 radical (unpaired) electrons. The fraction of sp³-hybridized carbons (Fsp3) is 0.368. The molecule has 1 aliphatic heterocycles. The zero-order valence-electron chi connectivity index (χ0n) is 15.0. The molecule has 1 saturated heterocycles. The van der Waals surface area contributed by atoms with Crippen molar-refractivity contribution in [3.05, 3.63) is 59.7 Å². The van der Waals surface area contributed by atoms with Crippen molar-refractivity contribution in [1.82, 2.24) is 19.6 Å². The second-order valence-corrected chi connectivity index (χ2v) is 6.50. The first-order chi connectivity index (χ1) is 13.1. The molecule has 0 saturated carbocycles. The molecule has 0 spiro atoms. The number of amides is 1. The van der Waals surface area contributed by atoms with Crippen molar-refractivity contribution < 1.29 is 18.3 Å². The molecule has 0 aliphatic carbocycles. The molecule has 4 rings (SSSR count). The van der Waals surface area contributed by atoms with Gasteiger partial charge in [0.15, 0.2) is 5.69 Å². The Kier molecular flexibility index (Phi) is 4.91. The maximum absolute atomic E-state index is 14.5. The van der Waals surface area contributed by atoms with Crippen molar-refractivity contribution in [2.24, 2.45) is 0 Å². The van der Waals surface area contributed by atoms with Crippen molar-refractivity contribution >= 4 is 11.6 Å². The van der Waals surface area contributed by atoms with E-state index in [1.54, 1.807) is 18.2 Å². The van der Waals surface area contributed by atoms with Gasteiger partial charge in [-0.15, -0.1) is 0 Å². The van der Waals surface area contributed by atoms with Crippen LogP contribution < -0.4 is 5.32 Å². The highest BCUT2D eigenvalue weighted by Crippen LogP contribution is 2.23. The third-order valence-electron chi connectivity index (χ3n) is 4.72. The van der Waals surface area contributed by atoms with Crippen LogP contribution in [0.15, 0.2) is 40.9 Å². The molecule has 1 amide bonds. The van der Waals surface area contributed by atoms with Crippen LogP contribution in [0.25, 0.3) is 5.65 Å². The number of rotatable bonds is 5. The number of pyridine rings is 1. The molecular formula is C19H21FN4O3. The molecule has 1 atom stereocenters. The molecule has 3 aromatic rings. The van der Waals surface area contributed by atoms with E-state index in [0.29, 0.717) is 25.4 Å². The Hall–Kier alpha value is -2.71. The number of halogens is 1. The van der Waals surface area contributed by atoms with Gasteiger partial charge < -0.3 is 14.5 Å². The van der Waals surface area contributed by atoms with Crippen LogP contribution in [0, 0.1) is 12.9 Å². The molecule has 1 fully saturated rings. The molecule has 7 nitrogen and oxygen atoms in total. The lowest BCUT2D eigenvalue weighted by Gasteiger charge is -2.33. The molecule has 0 aromatic carbocycles. The molecule has 0 bridgehead atoms. The summed E-state index contributed by atoms with van der Waals surface area (Å²) in [5.74, 6) is 0.365. The number of hydrogen-bond acceptors (Lipinski definition) is 5. The number of carbonyl (C=O) groups excluding carboxylic acids is 1. The predicted molar refractivity (Wildman–Crippen MR) is 96.1 cm³/mol. The van der Waals surface area contributed by atoms with Crippen molar-refractivity contribution in [2.75, 3.05) is 32.8 Å². The summed E-state index contributed by atoms with van der Waals surface area (Å²) in [6.07, 6.45) is 1.54. The van der Waals surface area contributed by atoms with E-state index in [-0.39, 0.29) is 11.7 Å². The molecule has 1 unspecified atom stereocenters. The van der Waals surface area contributed by atoms with Gasteiger partial charge >= 0.3 is 0 Å². The summed E-state index contributed by atoms with van der Waals surface area (Å²) in [6.45, 7) is 4.91. The maximum atomic E-state index is 14.5. The minimum Gasteiger partial charge on any atom is -0.465 e. The van der Waals surface area contributed by atoms with Crippen LogP contribution in [-0.4, -0.2) is 53.0 Å². The Morgan fingerprint density at radius 2 is 2.11 bits per heavy atom. The van der Waals surface area contributed by atoms with Gasteiger partial charge in [-0.2, -0.15) is 4.39 Å². The second-order valence-electron chi connectivity index (χ2n) is 6.50. The molecule has 8 heteroatoms. The molecule has 4 heterocycles. The number of furan rings is 1. The van der Waals surface area contributed by atoms with Gasteiger partial charge in [0.25, 0.3) is 5.91 Å². The van der Waals surface area contributed by atoms with Crippen LogP contribution >= 0.6 is 0 Å². The van der Waals surface area contributed by atoms with Crippen LogP contribution in [0.5, 0.6) is 0 Å². The van der Waals surface area contributed by atoms with Gasteiger partial charge in [0, 0.05) is 25.8 Å². The zero-order valence-corrected chi connectivity index (χ0v) is 15.0. The lowest BCUT2D eigenvalue weighted by Crippen LogP contribution is -2.43. The fourth-order valence-electron chi connectivity index (χ4n) is 3.31. The van der Waals surface area contributed by atoms with E-state index in [9.17, 15) is 9.18 Å². The van der Waals surface area contributed by atoms with E-state index in [2.05, 4.69) is 15.2 Å². The summed E-state index contributed by atoms with van der Waals surface area (Å²) in [7, 11) is 0. The summed E-state index contributed by atoms with van der Waals surface area (Å²) >= 11 is 0. The SMILES string of the molecule is Cc1ccc(C(CNC(=O)c2nc3ccccn3c2F)N2CCOCC2)o1. The minimum atomic E-state index is -0.667. The highest BCUT2D eigenvalue weighted by Gasteiger charge is 2.27. The first-order valence-electron chi connectivity index (χ1n) is 8.92. The van der Waals surface area contributed by atoms with E-state index < -0.39 is 11.9 Å². The molecule has 142 valence electrons. The van der Waals surface area contributed by atoms with E-state index >= 15 is 0 Å². The number of aromatic nitrogens is 2. The van der Waals surface area contributed by atoms with Crippen molar-refractivity contribution in [1.29, 1.82) is 0 Å². The summed E-state index contributed by atoms with van der Waals surface area (Å²) < 4.78 is 26.9. The van der Waals surface area contributed by atoms with Crippen molar-refractivity contribution in [3.8, 4) is 0 Å². The normalized spacial score (nSPS) is 16.5. The minimum absolute atomic E-state index is 0.147. The van der Waals surface area contributed by atoms with E-state index in [4.69, 9.17) is 9.15 Å². The predicted octanol–water partition coefficient (Wildman–Crippen LogP) is 2.18. The van der Waals surface area contributed by atoms with Crippen LogP contribution in [0.1, 0.15) is 28.1 Å². The Morgan fingerprint density at radius 3 is 2.81 bits per heavy atom. The number of hydrogen-bond donors (Lipinski definition) is 1. The number of ether oxygens (including phenoxy) is 1. The topological polar surface area (TPSA) is 72.0 Å². The van der Waals surface area contributed by atoms with Gasteiger partial charge in [-0.1, -0.05) is 6.07 Å². The Bertz CT molecular complexity index is 945. The number of aryl methyl sites for hydroxylation is 1. The number of nitrogens with one attached hydrogen (secondary N) is 1. The van der Waals surface area contributed by atoms with E-state index in [1.165, 1.54) is 10.6 Å². The molecule has 1 aliphatic rings. The summed E-state index contributed by atoms with van der Waals surface area (Å²) in [4.78, 5) is 18.9. The Balaban J connectivity index is 1.52. The number of morpholine rings is 1. The van der Waals surface area contributed by atoms with E-state index in [0.717, 1.165) is 24.6 Å². The number of carbonyl (C=O) groups is 1. The van der Waals surface area contributed by atoms with Gasteiger partial charge in [0.1, 0.15) is 17.2 Å². The Morgan fingerprint density at radius 1 is 1.30 bits per heavy atom. The number of fused-ring (bicyclic) bond motifs is 1. The number of imidazole rings is 1. The highest BCUT2D eigenvalue weighted by molar-refractivity contribution is 5.93. The fourth-order valence-corrected chi connectivity index (χ4v) is 3.31. The van der Waals surface area contributed by atoms with Crippen LogP contribution in [0.2, 0.25) is 0 Å². The molecule has 27 heavy (non-hydrogen) atoms. The first-order valence-corrected chi connectivity index (χ1v) is 8.92. The zero-order chi connectivity index (χ0) is 18.8. The lowest BCUT2D eigenvalue weighted by molar-refractivity contribution is 0.0116. The van der Waals surface area contributed by atoms with Gasteiger partial charge in [0.2, 0.25) is 5.95 Å². The Labute approximate surface area is 155 Å². The monoisotopic (exact) mass is 372 g/mol. The quantitative estimate of drug-likeness (QED) is 0.743. The average Bonchev–Trinajstić information content (AvgIpc) is 3.27. The maximum Gasteiger partial charge on any atom is 0.274 e. The van der Waals surface area contributed by atoms with Gasteiger partial charge in [-0.3, -0.25) is 14.1 Å². The summed E-state index contributed by atoms with van der Waals surface area (Å²) in [5, 5.41) is 2.81. The average molecular weight is 372 g/mol. The first kappa shape index (κ1) is 17.7. The summed E-state index contributed by atoms with van der Waals surface area (Å²) in [5.41, 5.74) is 0.184. The largest absolute Gasteiger partial charge is 0.465 e. The second kappa shape index (κ2) is 7.50.